The summed E-state index contributed by atoms with van der Waals surface area (Å²) < 4.78 is 0. The summed E-state index contributed by atoms with van der Waals surface area (Å²) in [6, 6.07) is 23.0. The van der Waals surface area contributed by atoms with Gasteiger partial charge in [0.25, 0.3) is 0 Å². The SMILES string of the molecule is O=C(O)c1[nH]nc2c(NC(=O)[C@@H]3CN(Cc4ccccc4)C[C@H]3c3ccc(Cl)cc3)cccc12. The molecule has 8 heteroatoms. The first-order valence-corrected chi connectivity index (χ1v) is 11.4. The van der Waals surface area contributed by atoms with Crippen LogP contribution in [0, 0.1) is 5.92 Å². The molecule has 4 aromatic rings. The molecule has 1 aromatic heterocycles. The van der Waals surface area contributed by atoms with E-state index in [0.29, 0.717) is 28.2 Å². The summed E-state index contributed by atoms with van der Waals surface area (Å²) in [7, 11) is 0. The van der Waals surface area contributed by atoms with Crippen molar-refractivity contribution in [3.63, 3.8) is 0 Å². The first kappa shape index (κ1) is 22.1. The molecule has 5 rings (SSSR count). The number of anilines is 1. The Labute approximate surface area is 201 Å². The van der Waals surface area contributed by atoms with E-state index < -0.39 is 5.97 Å². The van der Waals surface area contributed by atoms with Crippen LogP contribution >= 0.6 is 11.6 Å². The molecule has 0 bridgehead atoms. The molecule has 34 heavy (non-hydrogen) atoms. The van der Waals surface area contributed by atoms with Gasteiger partial charge in [-0.25, -0.2) is 4.79 Å². The summed E-state index contributed by atoms with van der Waals surface area (Å²) in [6.45, 7) is 2.10. The van der Waals surface area contributed by atoms with Crippen molar-refractivity contribution in [2.24, 2.45) is 5.92 Å². The van der Waals surface area contributed by atoms with E-state index in [4.69, 9.17) is 11.6 Å². The van der Waals surface area contributed by atoms with E-state index in [9.17, 15) is 14.7 Å². The number of amides is 1. The molecular formula is C26H23ClN4O3. The number of halogens is 1. The number of para-hydroxylation sites is 1. The van der Waals surface area contributed by atoms with E-state index in [1.54, 1.807) is 18.2 Å². The molecule has 2 heterocycles. The number of nitrogens with zero attached hydrogens (tertiary/aromatic N) is 2. The highest BCUT2D eigenvalue weighted by atomic mass is 35.5. The predicted octanol–water partition coefficient (Wildman–Crippen LogP) is 4.77. The minimum Gasteiger partial charge on any atom is -0.477 e. The normalized spacial score (nSPS) is 18.3. The maximum atomic E-state index is 13.5. The molecule has 0 spiro atoms. The quantitative estimate of drug-likeness (QED) is 0.374. The number of hydrogen-bond acceptors (Lipinski definition) is 4. The average molecular weight is 475 g/mol. The summed E-state index contributed by atoms with van der Waals surface area (Å²) in [6.07, 6.45) is 0. The van der Waals surface area contributed by atoms with Gasteiger partial charge in [0, 0.05) is 36.0 Å². The van der Waals surface area contributed by atoms with Crippen LogP contribution in [0.3, 0.4) is 0 Å². The van der Waals surface area contributed by atoms with E-state index in [1.807, 2.05) is 42.5 Å². The number of H-pyrrole nitrogens is 1. The summed E-state index contributed by atoms with van der Waals surface area (Å²) in [5.74, 6) is -1.52. The fourth-order valence-electron chi connectivity index (χ4n) is 4.70. The number of carbonyl (C=O) groups excluding carboxylic acids is 1. The molecule has 172 valence electrons. The summed E-state index contributed by atoms with van der Waals surface area (Å²) in [5.41, 5.74) is 3.17. The number of nitrogens with one attached hydrogen (secondary N) is 2. The van der Waals surface area contributed by atoms with Crippen LogP contribution in [-0.2, 0) is 11.3 Å². The zero-order valence-electron chi connectivity index (χ0n) is 18.2. The van der Waals surface area contributed by atoms with Crippen LogP contribution in [0.4, 0.5) is 5.69 Å². The minimum absolute atomic E-state index is 0.0000393. The summed E-state index contributed by atoms with van der Waals surface area (Å²) in [4.78, 5) is 27.3. The predicted molar refractivity (Wildman–Crippen MR) is 131 cm³/mol. The zero-order valence-corrected chi connectivity index (χ0v) is 19.0. The topological polar surface area (TPSA) is 98.3 Å². The molecule has 0 saturated carbocycles. The number of likely N-dealkylation sites (tertiary alicyclic amines) is 1. The van der Waals surface area contributed by atoms with Crippen LogP contribution in [-0.4, -0.2) is 45.2 Å². The van der Waals surface area contributed by atoms with Crippen LogP contribution in [0.2, 0.25) is 5.02 Å². The molecule has 0 aliphatic carbocycles. The van der Waals surface area contributed by atoms with E-state index in [0.717, 1.165) is 18.7 Å². The fraction of sp³-hybridized carbons (Fsp3) is 0.192. The summed E-state index contributed by atoms with van der Waals surface area (Å²) in [5, 5.41) is 20.2. The minimum atomic E-state index is -1.10. The van der Waals surface area contributed by atoms with Gasteiger partial charge in [0.2, 0.25) is 5.91 Å². The highest BCUT2D eigenvalue weighted by Gasteiger charge is 2.38. The standard InChI is InChI=1S/C26H23ClN4O3/c27-18-11-9-17(10-12-18)20-14-31(13-16-5-2-1-3-6-16)15-21(20)25(32)28-22-8-4-7-19-23(22)29-30-24(19)26(33)34/h1-12,20-21H,13-15H2,(H,28,32)(H,29,30)(H,33,34)/t20-,21+/m0/s1. The number of carbonyl (C=O) groups is 2. The van der Waals surface area contributed by atoms with E-state index in [2.05, 4.69) is 32.5 Å². The second-order valence-corrected chi connectivity index (χ2v) is 8.98. The third-order valence-corrected chi connectivity index (χ3v) is 6.59. The van der Waals surface area contributed by atoms with Gasteiger partial charge in [-0.15, -0.1) is 0 Å². The molecular weight excluding hydrogens is 452 g/mol. The van der Waals surface area contributed by atoms with Crippen LogP contribution in [0.1, 0.15) is 27.5 Å². The maximum absolute atomic E-state index is 13.5. The second-order valence-electron chi connectivity index (χ2n) is 8.54. The van der Waals surface area contributed by atoms with E-state index >= 15 is 0 Å². The third-order valence-electron chi connectivity index (χ3n) is 6.34. The lowest BCUT2D eigenvalue weighted by atomic mass is 9.88. The van der Waals surface area contributed by atoms with E-state index in [-0.39, 0.29) is 23.4 Å². The Kier molecular flexibility index (Phi) is 6.04. The molecule has 3 N–H and O–H groups in total. The third kappa shape index (κ3) is 4.40. The van der Waals surface area contributed by atoms with Crippen molar-refractivity contribution in [2.75, 3.05) is 18.4 Å². The second kappa shape index (κ2) is 9.29. The van der Waals surface area contributed by atoms with Gasteiger partial charge in [-0.2, -0.15) is 5.10 Å². The lowest BCUT2D eigenvalue weighted by Crippen LogP contribution is -2.29. The molecule has 3 aromatic carbocycles. The number of rotatable bonds is 6. The fourth-order valence-corrected chi connectivity index (χ4v) is 4.82. The molecule has 1 aliphatic heterocycles. The Morgan fingerprint density at radius 1 is 1.03 bits per heavy atom. The van der Waals surface area contributed by atoms with Crippen molar-refractivity contribution in [2.45, 2.75) is 12.5 Å². The molecule has 7 nitrogen and oxygen atoms in total. The van der Waals surface area contributed by atoms with Crippen molar-refractivity contribution < 1.29 is 14.7 Å². The monoisotopic (exact) mass is 474 g/mol. The van der Waals surface area contributed by atoms with Gasteiger partial charge in [-0.3, -0.25) is 14.8 Å². The number of aromatic nitrogens is 2. The lowest BCUT2D eigenvalue weighted by Gasteiger charge is -2.19. The molecule has 2 atom stereocenters. The van der Waals surface area contributed by atoms with E-state index in [1.165, 1.54) is 5.56 Å². The number of aromatic amines is 1. The maximum Gasteiger partial charge on any atom is 0.354 e. The van der Waals surface area contributed by atoms with Crippen molar-refractivity contribution in [3.8, 4) is 0 Å². The number of benzene rings is 3. The van der Waals surface area contributed by atoms with Crippen molar-refractivity contribution in [1.82, 2.24) is 15.1 Å². The average Bonchev–Trinajstić information content (AvgIpc) is 3.46. The zero-order chi connectivity index (χ0) is 23.7. The lowest BCUT2D eigenvalue weighted by molar-refractivity contribution is -0.119. The Hall–Kier alpha value is -3.68. The van der Waals surface area contributed by atoms with Gasteiger partial charge in [-0.1, -0.05) is 66.2 Å². The van der Waals surface area contributed by atoms with Crippen molar-refractivity contribution in [1.29, 1.82) is 0 Å². The molecule has 1 amide bonds. The molecule has 1 aliphatic rings. The van der Waals surface area contributed by atoms with Gasteiger partial charge in [0.05, 0.1) is 11.6 Å². The van der Waals surface area contributed by atoms with Crippen molar-refractivity contribution >= 4 is 40.1 Å². The number of carboxylic acid groups (broad SMARTS) is 1. The number of hydrogen-bond donors (Lipinski definition) is 3. The number of aromatic carboxylic acids is 1. The van der Waals surface area contributed by atoms with Crippen LogP contribution in [0.25, 0.3) is 10.9 Å². The summed E-state index contributed by atoms with van der Waals surface area (Å²) >= 11 is 6.10. The highest BCUT2D eigenvalue weighted by molar-refractivity contribution is 6.30. The van der Waals surface area contributed by atoms with Crippen LogP contribution in [0.5, 0.6) is 0 Å². The smallest absolute Gasteiger partial charge is 0.354 e. The van der Waals surface area contributed by atoms with Gasteiger partial charge >= 0.3 is 5.97 Å². The number of fused-ring (bicyclic) bond motifs is 1. The Morgan fingerprint density at radius 2 is 1.79 bits per heavy atom. The van der Waals surface area contributed by atoms with Gasteiger partial charge in [-0.05, 0) is 29.3 Å². The first-order chi connectivity index (χ1) is 16.5. The first-order valence-electron chi connectivity index (χ1n) is 11.0. The Balaban J connectivity index is 1.42. The Morgan fingerprint density at radius 3 is 2.53 bits per heavy atom. The molecule has 0 radical (unpaired) electrons. The number of carboxylic acids is 1. The van der Waals surface area contributed by atoms with Gasteiger partial charge in [0.1, 0.15) is 5.52 Å². The molecule has 0 unspecified atom stereocenters. The van der Waals surface area contributed by atoms with Crippen LogP contribution in [0.15, 0.2) is 72.8 Å². The van der Waals surface area contributed by atoms with Gasteiger partial charge in [0.15, 0.2) is 5.69 Å². The van der Waals surface area contributed by atoms with Gasteiger partial charge < -0.3 is 10.4 Å². The highest BCUT2D eigenvalue weighted by Crippen LogP contribution is 2.35. The molecule has 1 saturated heterocycles. The molecule has 1 fully saturated rings. The van der Waals surface area contributed by atoms with Crippen LogP contribution < -0.4 is 5.32 Å². The largest absolute Gasteiger partial charge is 0.477 e. The van der Waals surface area contributed by atoms with Crippen molar-refractivity contribution in [3.05, 3.63) is 94.6 Å². The Bertz CT molecular complexity index is 1340.